The number of halogens is 1. The first-order valence-corrected chi connectivity index (χ1v) is 11.3. The van der Waals surface area contributed by atoms with E-state index in [1.165, 1.54) is 0 Å². The van der Waals surface area contributed by atoms with Crippen molar-refractivity contribution in [1.29, 1.82) is 0 Å². The lowest BCUT2D eigenvalue weighted by molar-refractivity contribution is 0.0634. The molecule has 0 bridgehead atoms. The van der Waals surface area contributed by atoms with Gasteiger partial charge in [0.15, 0.2) is 6.10 Å². The topological polar surface area (TPSA) is 67.8 Å². The fourth-order valence-electron chi connectivity index (χ4n) is 2.58. The number of sulfonamides is 1. The standard InChI is InChI=1S/C22H21BrN2O3S/c1-17-7-13-21(14-8-17)29(26,27)25-16-22(19-5-3-2-4-6-19)28-24-15-18-9-11-20(23)12-10-18/h2-15,22,25H,16H2,1H3/b24-15+. The summed E-state index contributed by atoms with van der Waals surface area (Å²) in [6, 6.07) is 23.7. The van der Waals surface area contributed by atoms with E-state index in [9.17, 15) is 8.42 Å². The second kappa shape index (κ2) is 9.82. The predicted octanol–water partition coefficient (Wildman–Crippen LogP) is 4.83. The fraction of sp³-hybridized carbons (Fsp3) is 0.136. The molecule has 0 aromatic heterocycles. The van der Waals surface area contributed by atoms with Crippen LogP contribution in [0.4, 0.5) is 0 Å². The molecular formula is C22H21BrN2O3S. The molecular weight excluding hydrogens is 452 g/mol. The molecule has 1 atom stereocenters. The molecule has 0 aliphatic heterocycles. The van der Waals surface area contributed by atoms with Gasteiger partial charge in [0.05, 0.1) is 17.7 Å². The van der Waals surface area contributed by atoms with Crippen molar-refractivity contribution < 1.29 is 13.3 Å². The first kappa shape index (κ1) is 21.2. The second-order valence-corrected chi connectivity index (χ2v) is 9.14. The summed E-state index contributed by atoms with van der Waals surface area (Å²) in [6.45, 7) is 1.96. The Kier molecular flexibility index (Phi) is 7.19. The molecule has 7 heteroatoms. The largest absolute Gasteiger partial charge is 0.386 e. The smallest absolute Gasteiger partial charge is 0.240 e. The normalized spacial score (nSPS) is 12.8. The average Bonchev–Trinajstić information content (AvgIpc) is 2.73. The summed E-state index contributed by atoms with van der Waals surface area (Å²) in [4.78, 5) is 5.86. The predicted molar refractivity (Wildman–Crippen MR) is 118 cm³/mol. The van der Waals surface area contributed by atoms with E-state index in [1.54, 1.807) is 30.5 Å². The molecule has 3 rings (SSSR count). The van der Waals surface area contributed by atoms with Crippen LogP contribution in [0.3, 0.4) is 0 Å². The molecule has 0 fully saturated rings. The highest BCUT2D eigenvalue weighted by Gasteiger charge is 2.19. The van der Waals surface area contributed by atoms with Crippen LogP contribution in [-0.2, 0) is 14.9 Å². The lowest BCUT2D eigenvalue weighted by atomic mass is 10.1. The minimum Gasteiger partial charge on any atom is -0.386 e. The van der Waals surface area contributed by atoms with Crippen molar-refractivity contribution in [2.75, 3.05) is 6.54 Å². The molecule has 0 radical (unpaired) electrons. The highest BCUT2D eigenvalue weighted by Crippen LogP contribution is 2.18. The van der Waals surface area contributed by atoms with Gasteiger partial charge in [-0.25, -0.2) is 13.1 Å². The summed E-state index contributed by atoms with van der Waals surface area (Å²) < 4.78 is 28.8. The maximum absolute atomic E-state index is 12.6. The van der Waals surface area contributed by atoms with Crippen molar-refractivity contribution in [1.82, 2.24) is 4.72 Å². The Labute approximate surface area is 179 Å². The molecule has 150 valence electrons. The van der Waals surface area contributed by atoms with E-state index in [0.29, 0.717) is 0 Å². The van der Waals surface area contributed by atoms with E-state index in [0.717, 1.165) is 21.2 Å². The molecule has 0 spiro atoms. The molecule has 0 saturated carbocycles. The number of oxime groups is 1. The lowest BCUT2D eigenvalue weighted by Gasteiger charge is -2.16. The van der Waals surface area contributed by atoms with Crippen LogP contribution in [0, 0.1) is 6.92 Å². The van der Waals surface area contributed by atoms with Crippen LogP contribution >= 0.6 is 15.9 Å². The highest BCUT2D eigenvalue weighted by atomic mass is 79.9. The molecule has 1 unspecified atom stereocenters. The van der Waals surface area contributed by atoms with Gasteiger partial charge in [-0.15, -0.1) is 0 Å². The summed E-state index contributed by atoms with van der Waals surface area (Å²) in [5, 5.41) is 4.06. The maximum Gasteiger partial charge on any atom is 0.240 e. The van der Waals surface area contributed by atoms with Crippen molar-refractivity contribution in [2.45, 2.75) is 17.9 Å². The van der Waals surface area contributed by atoms with Gasteiger partial charge < -0.3 is 4.84 Å². The number of hydrogen-bond donors (Lipinski definition) is 1. The first-order valence-electron chi connectivity index (χ1n) is 9.00. The van der Waals surface area contributed by atoms with Gasteiger partial charge in [0, 0.05) is 4.47 Å². The second-order valence-electron chi connectivity index (χ2n) is 6.46. The van der Waals surface area contributed by atoms with Gasteiger partial charge in [-0.2, -0.15) is 0 Å². The average molecular weight is 473 g/mol. The first-order chi connectivity index (χ1) is 13.9. The third-order valence-corrected chi connectivity index (χ3v) is 6.19. The number of benzene rings is 3. The Morgan fingerprint density at radius 2 is 1.66 bits per heavy atom. The summed E-state index contributed by atoms with van der Waals surface area (Å²) in [5.41, 5.74) is 2.70. The van der Waals surface area contributed by atoms with Crippen LogP contribution in [0.15, 0.2) is 93.4 Å². The number of hydrogen-bond acceptors (Lipinski definition) is 4. The zero-order chi connectivity index (χ0) is 20.7. The van der Waals surface area contributed by atoms with Crippen molar-refractivity contribution >= 4 is 32.2 Å². The quantitative estimate of drug-likeness (QED) is 0.377. The van der Waals surface area contributed by atoms with Crippen molar-refractivity contribution in [3.05, 3.63) is 100 Å². The minimum absolute atomic E-state index is 0.0535. The molecule has 0 saturated heterocycles. The van der Waals surface area contributed by atoms with Gasteiger partial charge >= 0.3 is 0 Å². The van der Waals surface area contributed by atoms with E-state index in [2.05, 4.69) is 25.8 Å². The molecule has 3 aromatic rings. The van der Waals surface area contributed by atoms with Gasteiger partial charge in [-0.05, 0) is 42.3 Å². The van der Waals surface area contributed by atoms with E-state index >= 15 is 0 Å². The van der Waals surface area contributed by atoms with Crippen LogP contribution in [0.1, 0.15) is 22.8 Å². The molecule has 0 aliphatic carbocycles. The summed E-state index contributed by atoms with van der Waals surface area (Å²) in [5.74, 6) is 0. The van der Waals surface area contributed by atoms with Gasteiger partial charge in [0.1, 0.15) is 0 Å². The van der Waals surface area contributed by atoms with E-state index < -0.39 is 16.1 Å². The zero-order valence-electron chi connectivity index (χ0n) is 15.8. The molecule has 0 aliphatic rings. The number of nitrogens with one attached hydrogen (secondary N) is 1. The van der Waals surface area contributed by atoms with Crippen LogP contribution in [-0.4, -0.2) is 21.2 Å². The third kappa shape index (κ3) is 6.25. The van der Waals surface area contributed by atoms with Gasteiger partial charge in [-0.1, -0.05) is 81.2 Å². The van der Waals surface area contributed by atoms with Gasteiger partial charge in [-0.3, -0.25) is 0 Å². The van der Waals surface area contributed by atoms with Crippen molar-refractivity contribution in [2.24, 2.45) is 5.16 Å². The van der Waals surface area contributed by atoms with Crippen LogP contribution in [0.25, 0.3) is 0 Å². The summed E-state index contributed by atoms with van der Waals surface area (Å²) >= 11 is 3.39. The Bertz CT molecular complexity index is 1050. The monoisotopic (exact) mass is 472 g/mol. The Morgan fingerprint density at radius 3 is 2.31 bits per heavy atom. The highest BCUT2D eigenvalue weighted by molar-refractivity contribution is 9.10. The SMILES string of the molecule is Cc1ccc(S(=O)(=O)NCC(O/N=C/c2ccc(Br)cc2)c2ccccc2)cc1. The van der Waals surface area contributed by atoms with E-state index in [1.807, 2.05) is 61.5 Å². The lowest BCUT2D eigenvalue weighted by Crippen LogP contribution is -2.29. The fourth-order valence-corrected chi connectivity index (χ4v) is 3.88. The summed E-state index contributed by atoms with van der Waals surface area (Å²) in [7, 11) is -3.65. The van der Waals surface area contributed by atoms with E-state index in [-0.39, 0.29) is 11.4 Å². The maximum atomic E-state index is 12.6. The third-order valence-electron chi connectivity index (χ3n) is 4.22. The van der Waals surface area contributed by atoms with Gasteiger partial charge in [0.2, 0.25) is 10.0 Å². The molecule has 0 amide bonds. The number of nitrogens with zero attached hydrogens (tertiary/aromatic N) is 1. The van der Waals surface area contributed by atoms with E-state index in [4.69, 9.17) is 4.84 Å². The minimum atomic E-state index is -3.65. The van der Waals surface area contributed by atoms with Gasteiger partial charge in [0.25, 0.3) is 0 Å². The van der Waals surface area contributed by atoms with Crippen LogP contribution < -0.4 is 4.72 Å². The Morgan fingerprint density at radius 1 is 1.00 bits per heavy atom. The molecule has 5 nitrogen and oxygen atoms in total. The number of aryl methyl sites for hydroxylation is 1. The molecule has 29 heavy (non-hydrogen) atoms. The Hall–Kier alpha value is -2.48. The van der Waals surface area contributed by atoms with Crippen molar-refractivity contribution in [3.8, 4) is 0 Å². The Balaban J connectivity index is 1.72. The van der Waals surface area contributed by atoms with Crippen molar-refractivity contribution in [3.63, 3.8) is 0 Å². The molecule has 1 N–H and O–H groups in total. The number of rotatable bonds is 8. The molecule has 3 aromatic carbocycles. The zero-order valence-corrected chi connectivity index (χ0v) is 18.2. The summed E-state index contributed by atoms with van der Waals surface area (Å²) in [6.07, 6.45) is 1.03. The molecule has 0 heterocycles. The van der Waals surface area contributed by atoms with Crippen LogP contribution in [0.5, 0.6) is 0 Å². The van der Waals surface area contributed by atoms with Crippen LogP contribution in [0.2, 0.25) is 0 Å².